The molecule has 0 N–H and O–H groups in total. The topological polar surface area (TPSA) is 65.5 Å². The average Bonchev–Trinajstić information content (AvgIpc) is 3.52. The molecule has 162 valence electrons. The average molecular weight is 473 g/mol. The Morgan fingerprint density at radius 2 is 1.76 bits per heavy atom. The molecule has 0 fully saturated rings. The number of hydrogen-bond donors (Lipinski definition) is 0. The molecule has 33 heavy (non-hydrogen) atoms. The van der Waals surface area contributed by atoms with Gasteiger partial charge in [0.05, 0.1) is 0 Å². The van der Waals surface area contributed by atoms with Crippen LogP contribution in [0.1, 0.15) is 11.1 Å². The maximum Gasteiger partial charge on any atom is 0.235 e. The summed E-state index contributed by atoms with van der Waals surface area (Å²) in [5, 5.41) is 16.0. The smallest absolute Gasteiger partial charge is 0.235 e. The van der Waals surface area contributed by atoms with E-state index < -0.39 is 0 Å². The summed E-state index contributed by atoms with van der Waals surface area (Å²) in [6.07, 6.45) is 0. The van der Waals surface area contributed by atoms with Gasteiger partial charge >= 0.3 is 0 Å². The predicted octanol–water partition coefficient (Wildman–Crippen LogP) is 6.81. The van der Waals surface area contributed by atoms with Gasteiger partial charge in [-0.15, -0.1) is 10.2 Å². The molecule has 6 rings (SSSR count). The van der Waals surface area contributed by atoms with Gasteiger partial charge in [0.1, 0.15) is 22.9 Å². The first kappa shape index (κ1) is 20.0. The molecule has 6 aromatic rings. The first-order chi connectivity index (χ1) is 16.2. The standard InChI is InChI=1S/C25H17ClN4O2S/c1-15-19-7-3-5-9-21(19)32-22(15)23-27-28-25-30(23)29-24(33-25)16-10-12-18(13-11-16)31-14-17-6-2-4-8-20(17)26/h2-13H,14H2,1H3. The first-order valence-corrected chi connectivity index (χ1v) is 11.5. The number of halogens is 1. The highest BCUT2D eigenvalue weighted by molar-refractivity contribution is 7.19. The summed E-state index contributed by atoms with van der Waals surface area (Å²) in [4.78, 5) is 0.707. The van der Waals surface area contributed by atoms with Gasteiger partial charge < -0.3 is 9.15 Å². The highest BCUT2D eigenvalue weighted by atomic mass is 35.5. The van der Waals surface area contributed by atoms with Crippen LogP contribution < -0.4 is 4.74 Å². The van der Waals surface area contributed by atoms with Crippen molar-refractivity contribution >= 4 is 38.9 Å². The number of hydrogen-bond acceptors (Lipinski definition) is 6. The summed E-state index contributed by atoms with van der Waals surface area (Å²) in [5.41, 5.74) is 3.77. The molecule has 0 amide bonds. The van der Waals surface area contributed by atoms with Crippen molar-refractivity contribution in [3.8, 4) is 27.9 Å². The van der Waals surface area contributed by atoms with Crippen LogP contribution in [-0.4, -0.2) is 19.8 Å². The fraction of sp³-hybridized carbons (Fsp3) is 0.0800. The van der Waals surface area contributed by atoms with Crippen LogP contribution in [0.25, 0.3) is 38.1 Å². The minimum Gasteiger partial charge on any atom is -0.489 e. The summed E-state index contributed by atoms with van der Waals surface area (Å²) >= 11 is 7.68. The second kappa shape index (κ2) is 8.03. The first-order valence-electron chi connectivity index (χ1n) is 10.3. The van der Waals surface area contributed by atoms with E-state index in [1.807, 2.05) is 79.7 Å². The molecule has 3 aromatic carbocycles. The molecule has 3 heterocycles. The zero-order valence-corrected chi connectivity index (χ0v) is 19.1. The van der Waals surface area contributed by atoms with Crippen molar-refractivity contribution in [2.75, 3.05) is 0 Å². The molecule has 0 aliphatic heterocycles. The highest BCUT2D eigenvalue weighted by Crippen LogP contribution is 2.34. The molecule has 0 spiro atoms. The molecule has 0 aliphatic carbocycles. The molecule has 8 heteroatoms. The van der Waals surface area contributed by atoms with Gasteiger partial charge in [0.2, 0.25) is 10.8 Å². The molecule has 0 atom stereocenters. The lowest BCUT2D eigenvalue weighted by atomic mass is 10.1. The van der Waals surface area contributed by atoms with Crippen LogP contribution >= 0.6 is 22.9 Å². The third-order valence-electron chi connectivity index (χ3n) is 5.49. The van der Waals surface area contributed by atoms with Crippen LogP contribution in [0.15, 0.2) is 77.2 Å². The van der Waals surface area contributed by atoms with E-state index in [0.717, 1.165) is 38.4 Å². The maximum absolute atomic E-state index is 6.21. The number of nitrogens with zero attached hydrogens (tertiary/aromatic N) is 4. The molecule has 0 saturated carbocycles. The third kappa shape index (κ3) is 3.55. The summed E-state index contributed by atoms with van der Waals surface area (Å²) in [6, 6.07) is 23.4. The summed E-state index contributed by atoms with van der Waals surface area (Å²) in [5.74, 6) is 2.05. The van der Waals surface area contributed by atoms with Crippen LogP contribution in [-0.2, 0) is 6.61 Å². The molecule has 0 aliphatic rings. The van der Waals surface area contributed by atoms with Crippen LogP contribution in [0.5, 0.6) is 5.75 Å². The Kier molecular flexibility index (Phi) is 4.86. The summed E-state index contributed by atoms with van der Waals surface area (Å²) < 4.78 is 13.7. The molecule has 0 saturated heterocycles. The molecule has 3 aromatic heterocycles. The zero-order valence-electron chi connectivity index (χ0n) is 17.5. The van der Waals surface area contributed by atoms with E-state index in [0.29, 0.717) is 28.2 Å². The summed E-state index contributed by atoms with van der Waals surface area (Å²) in [7, 11) is 0. The molecule has 6 nitrogen and oxygen atoms in total. The monoisotopic (exact) mass is 472 g/mol. The van der Waals surface area contributed by atoms with E-state index >= 15 is 0 Å². The Balaban J connectivity index is 1.28. The number of para-hydroxylation sites is 1. The van der Waals surface area contributed by atoms with E-state index in [4.69, 9.17) is 25.9 Å². The van der Waals surface area contributed by atoms with Crippen molar-refractivity contribution in [1.29, 1.82) is 0 Å². The SMILES string of the molecule is Cc1c(-c2nnc3sc(-c4ccc(OCc5ccccc5Cl)cc4)nn23)oc2ccccc12. The minimum atomic E-state index is 0.413. The Labute approximate surface area is 198 Å². The molecular formula is C25H17ClN4O2S. The van der Waals surface area contributed by atoms with Crippen molar-refractivity contribution in [1.82, 2.24) is 19.8 Å². The van der Waals surface area contributed by atoms with Gasteiger partial charge in [0, 0.05) is 27.1 Å². The van der Waals surface area contributed by atoms with Crippen molar-refractivity contribution in [3.63, 3.8) is 0 Å². The Morgan fingerprint density at radius 3 is 2.58 bits per heavy atom. The minimum absolute atomic E-state index is 0.413. The normalized spacial score (nSPS) is 11.5. The van der Waals surface area contributed by atoms with Crippen LogP contribution in [0, 0.1) is 6.92 Å². The lowest BCUT2D eigenvalue weighted by Crippen LogP contribution is -1.96. The van der Waals surface area contributed by atoms with Gasteiger partial charge in [0.25, 0.3) is 0 Å². The molecule has 0 radical (unpaired) electrons. The van der Waals surface area contributed by atoms with E-state index in [1.165, 1.54) is 11.3 Å². The lowest BCUT2D eigenvalue weighted by molar-refractivity contribution is 0.306. The van der Waals surface area contributed by atoms with E-state index in [-0.39, 0.29) is 0 Å². The molecular weight excluding hydrogens is 456 g/mol. The number of ether oxygens (including phenoxy) is 1. The van der Waals surface area contributed by atoms with Gasteiger partial charge in [-0.05, 0) is 43.3 Å². The van der Waals surface area contributed by atoms with Crippen molar-refractivity contribution in [3.05, 3.63) is 88.9 Å². The second-order valence-corrected chi connectivity index (χ2v) is 8.95. The van der Waals surface area contributed by atoms with Gasteiger partial charge in [-0.2, -0.15) is 9.61 Å². The Morgan fingerprint density at radius 1 is 0.970 bits per heavy atom. The fourth-order valence-corrected chi connectivity index (χ4v) is 4.77. The summed E-state index contributed by atoms with van der Waals surface area (Å²) in [6.45, 7) is 2.44. The number of furan rings is 1. The number of aryl methyl sites for hydroxylation is 1. The van der Waals surface area contributed by atoms with Gasteiger partial charge in [0.15, 0.2) is 5.76 Å². The Hall–Kier alpha value is -3.68. The third-order valence-corrected chi connectivity index (χ3v) is 6.81. The zero-order chi connectivity index (χ0) is 22.4. The quantitative estimate of drug-likeness (QED) is 0.276. The molecule has 0 bridgehead atoms. The molecule has 0 unspecified atom stereocenters. The number of benzene rings is 3. The van der Waals surface area contributed by atoms with Crippen LogP contribution in [0.2, 0.25) is 5.02 Å². The van der Waals surface area contributed by atoms with Gasteiger partial charge in [-0.1, -0.05) is 59.3 Å². The van der Waals surface area contributed by atoms with E-state index in [9.17, 15) is 0 Å². The lowest BCUT2D eigenvalue weighted by Gasteiger charge is -2.08. The van der Waals surface area contributed by atoms with Gasteiger partial charge in [-0.25, -0.2) is 0 Å². The number of fused-ring (bicyclic) bond motifs is 2. The number of rotatable bonds is 5. The van der Waals surface area contributed by atoms with Crippen LogP contribution in [0.3, 0.4) is 0 Å². The van der Waals surface area contributed by atoms with E-state index in [1.54, 1.807) is 4.52 Å². The predicted molar refractivity (Wildman–Crippen MR) is 130 cm³/mol. The van der Waals surface area contributed by atoms with Crippen molar-refractivity contribution < 1.29 is 9.15 Å². The number of aromatic nitrogens is 4. The Bertz CT molecular complexity index is 1600. The largest absolute Gasteiger partial charge is 0.489 e. The van der Waals surface area contributed by atoms with Gasteiger partial charge in [-0.3, -0.25) is 0 Å². The second-order valence-electron chi connectivity index (χ2n) is 7.58. The maximum atomic E-state index is 6.21. The highest BCUT2D eigenvalue weighted by Gasteiger charge is 2.20. The van der Waals surface area contributed by atoms with Crippen molar-refractivity contribution in [2.45, 2.75) is 13.5 Å². The fourth-order valence-electron chi connectivity index (χ4n) is 3.73. The van der Waals surface area contributed by atoms with E-state index in [2.05, 4.69) is 10.2 Å². The van der Waals surface area contributed by atoms with Crippen molar-refractivity contribution in [2.24, 2.45) is 0 Å². The van der Waals surface area contributed by atoms with Crippen LogP contribution in [0.4, 0.5) is 0 Å².